The lowest BCUT2D eigenvalue weighted by Crippen LogP contribution is -2.27. The van der Waals surface area contributed by atoms with Crippen molar-refractivity contribution in [1.82, 2.24) is 14.9 Å². The maximum absolute atomic E-state index is 12.2. The van der Waals surface area contributed by atoms with Crippen molar-refractivity contribution in [2.24, 2.45) is 0 Å². The van der Waals surface area contributed by atoms with E-state index >= 15 is 0 Å². The Morgan fingerprint density at radius 2 is 1.91 bits per heavy atom. The monoisotopic (exact) mass is 312 g/mol. The predicted octanol–water partition coefficient (Wildman–Crippen LogP) is 3.71. The average molecular weight is 312 g/mol. The Hall–Kier alpha value is -2.43. The Kier molecular flexibility index (Phi) is 5.68. The molecular formula is C18H24N4O. The van der Waals surface area contributed by atoms with E-state index in [1.807, 2.05) is 19.1 Å². The summed E-state index contributed by atoms with van der Waals surface area (Å²) < 4.78 is 0. The second kappa shape index (κ2) is 7.72. The number of nitrogens with one attached hydrogen (secondary N) is 1. The van der Waals surface area contributed by atoms with Gasteiger partial charge >= 0.3 is 0 Å². The smallest absolute Gasteiger partial charge is 0.256 e. The van der Waals surface area contributed by atoms with Gasteiger partial charge in [-0.1, -0.05) is 31.0 Å². The minimum Gasteiger partial charge on any atom is -0.342 e. The van der Waals surface area contributed by atoms with Crippen molar-refractivity contribution in [3.63, 3.8) is 0 Å². The summed E-state index contributed by atoms with van der Waals surface area (Å²) in [5.41, 5.74) is 3.82. The quantitative estimate of drug-likeness (QED) is 0.883. The summed E-state index contributed by atoms with van der Waals surface area (Å²) in [5.74, 6) is 0.446. The molecule has 0 spiro atoms. The fourth-order valence-corrected chi connectivity index (χ4v) is 2.29. The second-order valence-electron chi connectivity index (χ2n) is 5.82. The second-order valence-corrected chi connectivity index (χ2v) is 5.82. The number of anilines is 2. The van der Waals surface area contributed by atoms with Crippen LogP contribution in [-0.4, -0.2) is 34.4 Å². The molecule has 0 aliphatic heterocycles. The number of hydrogen-bond acceptors (Lipinski definition) is 4. The van der Waals surface area contributed by atoms with Crippen LogP contribution in [0.2, 0.25) is 0 Å². The number of hydrogen-bond donors (Lipinski definition) is 1. The molecule has 2 aromatic rings. The number of rotatable bonds is 6. The van der Waals surface area contributed by atoms with Gasteiger partial charge in [0.1, 0.15) is 0 Å². The molecule has 5 heteroatoms. The predicted molar refractivity (Wildman–Crippen MR) is 93.1 cm³/mol. The minimum absolute atomic E-state index is 0.0449. The molecule has 5 nitrogen and oxygen atoms in total. The highest BCUT2D eigenvalue weighted by Crippen LogP contribution is 2.19. The number of benzene rings is 1. The summed E-state index contributed by atoms with van der Waals surface area (Å²) in [6, 6.07) is 6.14. The normalized spacial score (nSPS) is 10.4. The van der Waals surface area contributed by atoms with Crippen LogP contribution in [0.3, 0.4) is 0 Å². The van der Waals surface area contributed by atoms with Crippen molar-refractivity contribution in [2.45, 2.75) is 33.6 Å². The van der Waals surface area contributed by atoms with Crippen molar-refractivity contribution < 1.29 is 4.79 Å². The van der Waals surface area contributed by atoms with Gasteiger partial charge in [0.25, 0.3) is 5.91 Å². The summed E-state index contributed by atoms with van der Waals surface area (Å²) in [4.78, 5) is 22.4. The number of amides is 1. The van der Waals surface area contributed by atoms with E-state index in [1.54, 1.807) is 24.3 Å². The first-order valence-electron chi connectivity index (χ1n) is 7.93. The maximum Gasteiger partial charge on any atom is 0.256 e. The topological polar surface area (TPSA) is 58.1 Å². The van der Waals surface area contributed by atoms with Gasteiger partial charge < -0.3 is 10.2 Å². The van der Waals surface area contributed by atoms with Crippen molar-refractivity contribution in [2.75, 3.05) is 18.9 Å². The average Bonchev–Trinajstić information content (AvgIpc) is 2.55. The van der Waals surface area contributed by atoms with Gasteiger partial charge in [-0.3, -0.25) is 4.79 Å². The molecule has 0 saturated carbocycles. The number of unbranched alkanes of at least 4 members (excludes halogenated alkanes) is 1. The molecule has 0 aliphatic rings. The third kappa shape index (κ3) is 4.52. The first-order valence-corrected chi connectivity index (χ1v) is 7.93. The Labute approximate surface area is 137 Å². The van der Waals surface area contributed by atoms with Gasteiger partial charge in [0.15, 0.2) is 0 Å². The van der Waals surface area contributed by atoms with Crippen LogP contribution in [0.1, 0.15) is 41.3 Å². The summed E-state index contributed by atoms with van der Waals surface area (Å²) in [6.07, 6.45) is 5.20. The number of carbonyl (C=O) groups is 1. The SMILES string of the molecule is CCCCN(C)C(=O)c1cnc(Nc2ccc(C)cc2C)nc1. The van der Waals surface area contributed by atoms with Crippen molar-refractivity contribution >= 4 is 17.5 Å². The van der Waals surface area contributed by atoms with E-state index in [0.717, 1.165) is 30.6 Å². The number of carbonyl (C=O) groups excluding carboxylic acids is 1. The van der Waals surface area contributed by atoms with Crippen molar-refractivity contribution in [1.29, 1.82) is 0 Å². The molecule has 1 N–H and O–H groups in total. The number of aromatic nitrogens is 2. The number of aryl methyl sites for hydroxylation is 2. The van der Waals surface area contributed by atoms with Gasteiger partial charge in [0, 0.05) is 31.7 Å². The van der Waals surface area contributed by atoms with Crippen LogP contribution in [0.25, 0.3) is 0 Å². The van der Waals surface area contributed by atoms with Crippen LogP contribution in [0, 0.1) is 13.8 Å². The lowest BCUT2D eigenvalue weighted by atomic mass is 10.1. The summed E-state index contributed by atoms with van der Waals surface area (Å²) in [6.45, 7) is 6.95. The van der Waals surface area contributed by atoms with Gasteiger partial charge in [-0.15, -0.1) is 0 Å². The van der Waals surface area contributed by atoms with E-state index in [-0.39, 0.29) is 5.91 Å². The molecule has 1 amide bonds. The van der Waals surface area contributed by atoms with Crippen LogP contribution >= 0.6 is 0 Å². The van der Waals surface area contributed by atoms with Gasteiger partial charge in [-0.2, -0.15) is 0 Å². The van der Waals surface area contributed by atoms with E-state index in [2.05, 4.69) is 35.2 Å². The first kappa shape index (κ1) is 16.9. The van der Waals surface area contributed by atoms with Crippen molar-refractivity contribution in [3.05, 3.63) is 47.3 Å². The zero-order chi connectivity index (χ0) is 16.8. The Bertz CT molecular complexity index is 667. The van der Waals surface area contributed by atoms with Gasteiger partial charge in [0.05, 0.1) is 5.56 Å². The third-order valence-corrected chi connectivity index (χ3v) is 3.72. The largest absolute Gasteiger partial charge is 0.342 e. The molecular weight excluding hydrogens is 288 g/mol. The molecule has 0 atom stereocenters. The Morgan fingerprint density at radius 3 is 2.52 bits per heavy atom. The molecule has 122 valence electrons. The highest BCUT2D eigenvalue weighted by molar-refractivity contribution is 5.93. The minimum atomic E-state index is -0.0449. The lowest BCUT2D eigenvalue weighted by molar-refractivity contribution is 0.0792. The zero-order valence-electron chi connectivity index (χ0n) is 14.3. The molecule has 0 aliphatic carbocycles. The highest BCUT2D eigenvalue weighted by Gasteiger charge is 2.12. The Balaban J connectivity index is 2.05. The molecule has 2 rings (SSSR count). The molecule has 0 unspecified atom stereocenters. The number of nitrogens with zero attached hydrogens (tertiary/aromatic N) is 3. The maximum atomic E-state index is 12.2. The van der Waals surface area contributed by atoms with E-state index in [1.165, 1.54) is 5.56 Å². The molecule has 1 heterocycles. The van der Waals surface area contributed by atoms with E-state index in [9.17, 15) is 4.79 Å². The molecule has 0 bridgehead atoms. The van der Waals surface area contributed by atoms with Crippen LogP contribution in [0.15, 0.2) is 30.6 Å². The highest BCUT2D eigenvalue weighted by atomic mass is 16.2. The van der Waals surface area contributed by atoms with Crippen LogP contribution in [0.5, 0.6) is 0 Å². The third-order valence-electron chi connectivity index (χ3n) is 3.72. The van der Waals surface area contributed by atoms with E-state index < -0.39 is 0 Å². The van der Waals surface area contributed by atoms with Crippen molar-refractivity contribution in [3.8, 4) is 0 Å². The first-order chi connectivity index (χ1) is 11.0. The van der Waals surface area contributed by atoms with Crippen LogP contribution in [0.4, 0.5) is 11.6 Å². The standard InChI is InChI=1S/C18H24N4O/c1-5-6-9-22(4)17(23)15-11-19-18(20-12-15)21-16-8-7-13(2)10-14(16)3/h7-8,10-12H,5-6,9H2,1-4H3,(H,19,20,21). The summed E-state index contributed by atoms with van der Waals surface area (Å²) >= 11 is 0. The molecule has 0 radical (unpaired) electrons. The zero-order valence-corrected chi connectivity index (χ0v) is 14.3. The van der Waals surface area contributed by atoms with E-state index in [4.69, 9.17) is 0 Å². The molecule has 0 fully saturated rings. The molecule has 1 aromatic heterocycles. The molecule has 1 aromatic carbocycles. The Morgan fingerprint density at radius 1 is 1.22 bits per heavy atom. The molecule has 23 heavy (non-hydrogen) atoms. The summed E-state index contributed by atoms with van der Waals surface area (Å²) in [7, 11) is 1.81. The van der Waals surface area contributed by atoms with Gasteiger partial charge in [-0.05, 0) is 31.9 Å². The van der Waals surface area contributed by atoms with Crippen LogP contribution < -0.4 is 5.32 Å². The van der Waals surface area contributed by atoms with Crippen LogP contribution in [-0.2, 0) is 0 Å². The summed E-state index contributed by atoms with van der Waals surface area (Å²) in [5, 5.41) is 3.18. The fraction of sp³-hybridized carbons (Fsp3) is 0.389. The molecule has 0 saturated heterocycles. The fourth-order valence-electron chi connectivity index (χ4n) is 2.29. The van der Waals surface area contributed by atoms with E-state index in [0.29, 0.717) is 11.5 Å². The van der Waals surface area contributed by atoms with Gasteiger partial charge in [0.2, 0.25) is 5.95 Å². The lowest BCUT2D eigenvalue weighted by Gasteiger charge is -2.16. The van der Waals surface area contributed by atoms with Gasteiger partial charge in [-0.25, -0.2) is 9.97 Å².